The Morgan fingerprint density at radius 3 is 2.28 bits per heavy atom. The first-order valence-corrected chi connectivity index (χ1v) is 6.89. The first kappa shape index (κ1) is 15.2. The molecule has 2 heteroatoms. The van der Waals surface area contributed by atoms with Crippen molar-refractivity contribution < 1.29 is 5.11 Å². The lowest BCUT2D eigenvalue weighted by Crippen LogP contribution is -2.33. The van der Waals surface area contributed by atoms with Crippen molar-refractivity contribution in [2.24, 2.45) is 0 Å². The molecule has 0 fully saturated rings. The van der Waals surface area contributed by atoms with Crippen molar-refractivity contribution in [1.29, 1.82) is 0 Å². The van der Waals surface area contributed by atoms with Gasteiger partial charge in [-0.1, -0.05) is 52.0 Å². The van der Waals surface area contributed by atoms with Gasteiger partial charge in [-0.15, -0.1) is 0 Å². The van der Waals surface area contributed by atoms with E-state index in [2.05, 4.69) is 57.3 Å². The SMILES string of the molecule is CC(C)c1ccc(C(C)(C)CNCCCO)cc1. The van der Waals surface area contributed by atoms with Gasteiger partial charge in [0.05, 0.1) is 0 Å². The van der Waals surface area contributed by atoms with E-state index >= 15 is 0 Å². The van der Waals surface area contributed by atoms with Gasteiger partial charge in [-0.05, 0) is 30.0 Å². The molecule has 0 bridgehead atoms. The Balaban J connectivity index is 2.60. The number of aliphatic hydroxyl groups is 1. The quantitative estimate of drug-likeness (QED) is 0.728. The number of benzene rings is 1. The molecule has 2 N–H and O–H groups in total. The Bertz CT molecular complexity index is 341. The van der Waals surface area contributed by atoms with Crippen LogP contribution in [0.3, 0.4) is 0 Å². The van der Waals surface area contributed by atoms with Crippen molar-refractivity contribution in [2.45, 2.75) is 45.4 Å². The largest absolute Gasteiger partial charge is 0.396 e. The molecule has 1 aromatic rings. The lowest BCUT2D eigenvalue weighted by Gasteiger charge is -2.26. The van der Waals surface area contributed by atoms with Crippen LogP contribution in [0.15, 0.2) is 24.3 Å². The van der Waals surface area contributed by atoms with Crippen LogP contribution in [0, 0.1) is 0 Å². The maximum absolute atomic E-state index is 8.76. The molecule has 0 amide bonds. The summed E-state index contributed by atoms with van der Waals surface area (Å²) in [5.74, 6) is 0.588. The van der Waals surface area contributed by atoms with E-state index in [0.717, 1.165) is 19.5 Å². The molecule has 0 aliphatic heterocycles. The second-order valence-electron chi connectivity index (χ2n) is 5.91. The fourth-order valence-electron chi connectivity index (χ4n) is 2.03. The zero-order chi connectivity index (χ0) is 13.6. The number of nitrogens with one attached hydrogen (secondary N) is 1. The van der Waals surface area contributed by atoms with Crippen LogP contribution in [0.25, 0.3) is 0 Å². The Hall–Kier alpha value is -0.860. The second-order valence-corrected chi connectivity index (χ2v) is 5.91. The minimum atomic E-state index is 0.130. The van der Waals surface area contributed by atoms with Crippen LogP contribution in [0.4, 0.5) is 0 Å². The highest BCUT2D eigenvalue weighted by Gasteiger charge is 2.19. The van der Waals surface area contributed by atoms with Crippen molar-refractivity contribution in [3.63, 3.8) is 0 Å². The molecule has 0 heterocycles. The molecule has 0 saturated heterocycles. The summed E-state index contributed by atoms with van der Waals surface area (Å²) in [4.78, 5) is 0. The summed E-state index contributed by atoms with van der Waals surface area (Å²) in [7, 11) is 0. The van der Waals surface area contributed by atoms with Gasteiger partial charge in [0.1, 0.15) is 0 Å². The molecule has 0 unspecified atom stereocenters. The number of hydrogen-bond acceptors (Lipinski definition) is 2. The molecule has 1 rings (SSSR count). The van der Waals surface area contributed by atoms with Crippen molar-refractivity contribution in [2.75, 3.05) is 19.7 Å². The van der Waals surface area contributed by atoms with Crippen molar-refractivity contribution >= 4 is 0 Å². The Morgan fingerprint density at radius 2 is 1.78 bits per heavy atom. The average molecular weight is 249 g/mol. The predicted molar refractivity (Wildman–Crippen MR) is 78.1 cm³/mol. The van der Waals surface area contributed by atoms with E-state index in [4.69, 9.17) is 5.11 Å². The van der Waals surface area contributed by atoms with Crippen molar-refractivity contribution in [1.82, 2.24) is 5.32 Å². The summed E-state index contributed by atoms with van der Waals surface area (Å²) < 4.78 is 0. The molecule has 0 aliphatic carbocycles. The maximum Gasteiger partial charge on any atom is 0.0443 e. The van der Waals surface area contributed by atoms with E-state index in [9.17, 15) is 0 Å². The molecule has 18 heavy (non-hydrogen) atoms. The highest BCUT2D eigenvalue weighted by Crippen LogP contribution is 2.24. The summed E-state index contributed by atoms with van der Waals surface area (Å²) in [6, 6.07) is 8.94. The normalized spacial score (nSPS) is 12.1. The van der Waals surface area contributed by atoms with Crippen molar-refractivity contribution in [3.8, 4) is 0 Å². The van der Waals surface area contributed by atoms with Gasteiger partial charge < -0.3 is 10.4 Å². The van der Waals surface area contributed by atoms with Crippen LogP contribution < -0.4 is 5.32 Å². The summed E-state index contributed by atoms with van der Waals surface area (Å²) in [6.45, 7) is 11.0. The first-order valence-electron chi connectivity index (χ1n) is 6.89. The zero-order valence-corrected chi connectivity index (χ0v) is 12.2. The Labute approximate surface area is 111 Å². The molecule has 0 spiro atoms. The summed E-state index contributed by atoms with van der Waals surface area (Å²) in [6.07, 6.45) is 0.822. The molecule has 0 saturated carbocycles. The average Bonchev–Trinajstić information content (AvgIpc) is 2.35. The van der Waals surface area contributed by atoms with Gasteiger partial charge in [0.2, 0.25) is 0 Å². The first-order chi connectivity index (χ1) is 8.47. The van der Waals surface area contributed by atoms with Crippen LogP contribution in [-0.2, 0) is 5.41 Å². The predicted octanol–water partition coefficient (Wildman–Crippen LogP) is 3.06. The van der Waals surface area contributed by atoms with E-state index < -0.39 is 0 Å². The fraction of sp³-hybridized carbons (Fsp3) is 0.625. The molecule has 0 radical (unpaired) electrons. The highest BCUT2D eigenvalue weighted by atomic mass is 16.3. The minimum absolute atomic E-state index is 0.130. The number of aliphatic hydroxyl groups excluding tert-OH is 1. The summed E-state index contributed by atoms with van der Waals surface area (Å²) >= 11 is 0. The molecule has 0 atom stereocenters. The fourth-order valence-corrected chi connectivity index (χ4v) is 2.03. The molecule has 102 valence electrons. The van der Waals surface area contributed by atoms with E-state index in [0.29, 0.717) is 5.92 Å². The third-order valence-corrected chi connectivity index (χ3v) is 3.44. The maximum atomic E-state index is 8.76. The standard InChI is InChI=1S/C16H27NO/c1-13(2)14-6-8-15(9-7-14)16(3,4)12-17-10-5-11-18/h6-9,13,17-18H,5,10-12H2,1-4H3. The van der Waals surface area contributed by atoms with Gasteiger partial charge in [-0.2, -0.15) is 0 Å². The van der Waals surface area contributed by atoms with Gasteiger partial charge in [0.15, 0.2) is 0 Å². The molecular weight excluding hydrogens is 222 g/mol. The lowest BCUT2D eigenvalue weighted by molar-refractivity contribution is 0.284. The van der Waals surface area contributed by atoms with Gasteiger partial charge in [0, 0.05) is 18.6 Å². The Morgan fingerprint density at radius 1 is 1.17 bits per heavy atom. The third kappa shape index (κ3) is 4.43. The summed E-state index contributed by atoms with van der Waals surface area (Å²) in [5, 5.41) is 12.2. The van der Waals surface area contributed by atoms with Crippen molar-refractivity contribution in [3.05, 3.63) is 35.4 Å². The lowest BCUT2D eigenvalue weighted by atomic mass is 9.83. The molecule has 2 nitrogen and oxygen atoms in total. The van der Waals surface area contributed by atoms with Crippen LogP contribution in [0.5, 0.6) is 0 Å². The molecular formula is C16H27NO. The van der Waals surface area contributed by atoms with Crippen LogP contribution in [-0.4, -0.2) is 24.8 Å². The molecule has 0 aliphatic rings. The van der Waals surface area contributed by atoms with E-state index in [1.807, 2.05) is 0 Å². The van der Waals surface area contributed by atoms with E-state index in [1.165, 1.54) is 11.1 Å². The number of rotatable bonds is 7. The van der Waals surface area contributed by atoms with Crippen LogP contribution >= 0.6 is 0 Å². The van der Waals surface area contributed by atoms with Gasteiger partial charge in [-0.25, -0.2) is 0 Å². The molecule has 1 aromatic carbocycles. The number of hydrogen-bond donors (Lipinski definition) is 2. The highest BCUT2D eigenvalue weighted by molar-refractivity contribution is 5.29. The van der Waals surface area contributed by atoms with Gasteiger partial charge in [-0.3, -0.25) is 0 Å². The minimum Gasteiger partial charge on any atom is -0.396 e. The topological polar surface area (TPSA) is 32.3 Å². The summed E-state index contributed by atoms with van der Waals surface area (Å²) in [5.41, 5.74) is 2.89. The van der Waals surface area contributed by atoms with Crippen LogP contribution in [0.2, 0.25) is 0 Å². The smallest absolute Gasteiger partial charge is 0.0443 e. The monoisotopic (exact) mass is 249 g/mol. The van der Waals surface area contributed by atoms with Gasteiger partial charge in [0.25, 0.3) is 0 Å². The Kier molecular flexibility index (Phi) is 5.83. The molecule has 0 aromatic heterocycles. The van der Waals surface area contributed by atoms with E-state index in [-0.39, 0.29) is 12.0 Å². The second kappa shape index (κ2) is 6.91. The zero-order valence-electron chi connectivity index (χ0n) is 12.2. The van der Waals surface area contributed by atoms with Crippen LogP contribution in [0.1, 0.15) is 51.2 Å². The van der Waals surface area contributed by atoms with E-state index in [1.54, 1.807) is 0 Å². The third-order valence-electron chi connectivity index (χ3n) is 3.44. The van der Waals surface area contributed by atoms with Gasteiger partial charge >= 0.3 is 0 Å².